The highest BCUT2D eigenvalue weighted by atomic mass is 16.2. The summed E-state index contributed by atoms with van der Waals surface area (Å²) in [7, 11) is 0. The molecule has 2 amide bonds. The van der Waals surface area contributed by atoms with Crippen molar-refractivity contribution in [3.05, 3.63) is 0 Å². The second-order valence-corrected chi connectivity index (χ2v) is 8.25. The molecular formula is C20H36N4O2. The maximum atomic E-state index is 12.4. The number of carbonyl (C=O) groups is 2. The minimum Gasteiger partial charge on any atom is -0.352 e. The summed E-state index contributed by atoms with van der Waals surface area (Å²) in [5.41, 5.74) is 0. The van der Waals surface area contributed by atoms with Gasteiger partial charge in [-0.05, 0) is 32.1 Å². The van der Waals surface area contributed by atoms with E-state index in [1.165, 1.54) is 32.1 Å². The van der Waals surface area contributed by atoms with E-state index in [9.17, 15) is 9.59 Å². The topological polar surface area (TPSA) is 55.9 Å². The van der Waals surface area contributed by atoms with Gasteiger partial charge in [-0.15, -0.1) is 0 Å². The first-order valence-corrected chi connectivity index (χ1v) is 10.7. The summed E-state index contributed by atoms with van der Waals surface area (Å²) >= 11 is 0. The Morgan fingerprint density at radius 1 is 0.692 bits per heavy atom. The molecule has 1 saturated carbocycles. The zero-order valence-electron chi connectivity index (χ0n) is 16.3. The molecule has 0 aromatic carbocycles. The second-order valence-electron chi connectivity index (χ2n) is 8.25. The van der Waals surface area contributed by atoms with Crippen LogP contribution in [0.15, 0.2) is 0 Å². The van der Waals surface area contributed by atoms with E-state index in [1.54, 1.807) is 0 Å². The molecule has 1 N–H and O–H groups in total. The fraction of sp³-hybridized carbons (Fsp3) is 0.900. The van der Waals surface area contributed by atoms with Gasteiger partial charge >= 0.3 is 0 Å². The minimum absolute atomic E-state index is 0.176. The van der Waals surface area contributed by atoms with Crippen LogP contribution >= 0.6 is 0 Å². The van der Waals surface area contributed by atoms with Crippen LogP contribution < -0.4 is 5.32 Å². The molecule has 3 aliphatic rings. The van der Waals surface area contributed by atoms with Crippen molar-refractivity contribution in [1.82, 2.24) is 20.0 Å². The SMILES string of the molecule is O=C(CN1CCN(CC(=O)N2CCCCC2)CC1)NC1CCCCCC1. The number of nitrogens with one attached hydrogen (secondary N) is 1. The normalized spacial score (nSPS) is 24.2. The molecule has 148 valence electrons. The summed E-state index contributed by atoms with van der Waals surface area (Å²) in [6.07, 6.45) is 10.9. The van der Waals surface area contributed by atoms with Crippen LogP contribution in [0.25, 0.3) is 0 Å². The molecule has 0 bridgehead atoms. The molecule has 2 saturated heterocycles. The lowest BCUT2D eigenvalue weighted by Gasteiger charge is -2.35. The number of piperidine rings is 1. The molecular weight excluding hydrogens is 328 g/mol. The molecule has 3 rings (SSSR count). The van der Waals surface area contributed by atoms with Crippen molar-refractivity contribution in [2.45, 2.75) is 63.8 Å². The number of carbonyl (C=O) groups excluding carboxylic acids is 2. The number of hydrogen-bond donors (Lipinski definition) is 1. The van der Waals surface area contributed by atoms with Gasteiger partial charge in [0.05, 0.1) is 13.1 Å². The quantitative estimate of drug-likeness (QED) is 0.751. The maximum Gasteiger partial charge on any atom is 0.236 e. The van der Waals surface area contributed by atoms with Crippen molar-refractivity contribution in [3.8, 4) is 0 Å². The molecule has 2 heterocycles. The first kappa shape index (κ1) is 19.6. The molecule has 2 aliphatic heterocycles. The lowest BCUT2D eigenvalue weighted by molar-refractivity contribution is -0.134. The summed E-state index contributed by atoms with van der Waals surface area (Å²) in [6, 6.07) is 0.383. The van der Waals surface area contributed by atoms with Gasteiger partial charge in [0.15, 0.2) is 0 Å². The second kappa shape index (κ2) is 10.3. The largest absolute Gasteiger partial charge is 0.352 e. The number of rotatable bonds is 5. The Labute approximate surface area is 158 Å². The van der Waals surface area contributed by atoms with Crippen molar-refractivity contribution in [1.29, 1.82) is 0 Å². The molecule has 0 spiro atoms. The van der Waals surface area contributed by atoms with Crippen LogP contribution in [0.3, 0.4) is 0 Å². The van der Waals surface area contributed by atoms with E-state index in [0.29, 0.717) is 19.1 Å². The fourth-order valence-electron chi connectivity index (χ4n) is 4.44. The lowest BCUT2D eigenvalue weighted by Crippen LogP contribution is -2.52. The van der Waals surface area contributed by atoms with E-state index >= 15 is 0 Å². The van der Waals surface area contributed by atoms with Gasteiger partial charge in [-0.1, -0.05) is 25.7 Å². The van der Waals surface area contributed by atoms with Gasteiger partial charge in [-0.2, -0.15) is 0 Å². The van der Waals surface area contributed by atoms with Gasteiger partial charge in [-0.3, -0.25) is 19.4 Å². The molecule has 0 aromatic rings. The lowest BCUT2D eigenvalue weighted by atomic mass is 10.1. The number of likely N-dealkylation sites (tertiary alicyclic amines) is 1. The average molecular weight is 365 g/mol. The molecule has 0 aromatic heterocycles. The Kier molecular flexibility index (Phi) is 7.74. The number of nitrogens with zero attached hydrogens (tertiary/aromatic N) is 3. The van der Waals surface area contributed by atoms with Crippen LogP contribution in [0.2, 0.25) is 0 Å². The standard InChI is InChI=1S/C20H36N4O2/c25-19(21-18-8-4-1-2-5-9-18)16-22-12-14-23(15-13-22)17-20(26)24-10-6-3-7-11-24/h18H,1-17H2,(H,21,25). The highest BCUT2D eigenvalue weighted by molar-refractivity contribution is 5.79. The first-order valence-electron chi connectivity index (χ1n) is 10.7. The van der Waals surface area contributed by atoms with Crippen molar-refractivity contribution >= 4 is 11.8 Å². The molecule has 0 unspecified atom stereocenters. The Bertz CT molecular complexity index is 449. The van der Waals surface area contributed by atoms with Crippen LogP contribution in [0.5, 0.6) is 0 Å². The predicted molar refractivity (Wildman–Crippen MR) is 103 cm³/mol. The third-order valence-corrected chi connectivity index (χ3v) is 6.12. The number of amides is 2. The number of piperazine rings is 1. The molecule has 0 radical (unpaired) electrons. The summed E-state index contributed by atoms with van der Waals surface area (Å²) in [4.78, 5) is 31.2. The summed E-state index contributed by atoms with van der Waals surface area (Å²) in [6.45, 7) is 6.44. The smallest absolute Gasteiger partial charge is 0.236 e. The highest BCUT2D eigenvalue weighted by Gasteiger charge is 2.24. The van der Waals surface area contributed by atoms with Crippen LogP contribution in [0, 0.1) is 0 Å². The predicted octanol–water partition coefficient (Wildman–Crippen LogP) is 1.46. The van der Waals surface area contributed by atoms with Crippen LogP contribution in [0.1, 0.15) is 57.8 Å². The summed E-state index contributed by atoms with van der Waals surface area (Å²) in [5, 5.41) is 3.24. The Balaban J connectivity index is 1.32. The average Bonchev–Trinajstić information content (AvgIpc) is 2.92. The van der Waals surface area contributed by atoms with Crippen LogP contribution in [-0.4, -0.2) is 84.9 Å². The third kappa shape index (κ3) is 6.23. The molecule has 0 atom stereocenters. The van der Waals surface area contributed by atoms with E-state index in [2.05, 4.69) is 15.1 Å². The van der Waals surface area contributed by atoms with Crippen molar-refractivity contribution in [2.75, 3.05) is 52.4 Å². The summed E-state index contributed by atoms with van der Waals surface area (Å²) in [5.74, 6) is 0.457. The van der Waals surface area contributed by atoms with E-state index in [0.717, 1.165) is 65.0 Å². The zero-order valence-corrected chi connectivity index (χ0v) is 16.3. The van der Waals surface area contributed by atoms with Crippen LogP contribution in [0.4, 0.5) is 0 Å². The first-order chi connectivity index (χ1) is 12.7. The van der Waals surface area contributed by atoms with E-state index < -0.39 is 0 Å². The fourth-order valence-corrected chi connectivity index (χ4v) is 4.44. The van der Waals surface area contributed by atoms with Gasteiger partial charge in [0.2, 0.25) is 11.8 Å². The van der Waals surface area contributed by atoms with Gasteiger partial charge in [0, 0.05) is 45.3 Å². The minimum atomic E-state index is 0.176. The molecule has 3 fully saturated rings. The van der Waals surface area contributed by atoms with E-state index in [1.807, 2.05) is 4.90 Å². The molecule has 1 aliphatic carbocycles. The Morgan fingerprint density at radius 2 is 1.23 bits per heavy atom. The molecule has 26 heavy (non-hydrogen) atoms. The highest BCUT2D eigenvalue weighted by Crippen LogP contribution is 2.17. The van der Waals surface area contributed by atoms with E-state index in [-0.39, 0.29) is 11.8 Å². The number of hydrogen-bond acceptors (Lipinski definition) is 4. The van der Waals surface area contributed by atoms with Gasteiger partial charge in [0.25, 0.3) is 0 Å². The summed E-state index contributed by atoms with van der Waals surface area (Å²) < 4.78 is 0. The Hall–Kier alpha value is -1.14. The zero-order chi connectivity index (χ0) is 18.2. The van der Waals surface area contributed by atoms with E-state index in [4.69, 9.17) is 0 Å². The van der Waals surface area contributed by atoms with Gasteiger partial charge in [-0.25, -0.2) is 0 Å². The van der Waals surface area contributed by atoms with Crippen molar-refractivity contribution < 1.29 is 9.59 Å². The van der Waals surface area contributed by atoms with Gasteiger partial charge in [0.1, 0.15) is 0 Å². The maximum absolute atomic E-state index is 12.4. The van der Waals surface area contributed by atoms with Gasteiger partial charge < -0.3 is 10.2 Å². The molecule has 6 nitrogen and oxygen atoms in total. The third-order valence-electron chi connectivity index (χ3n) is 6.12. The molecule has 6 heteroatoms. The van der Waals surface area contributed by atoms with Crippen molar-refractivity contribution in [2.24, 2.45) is 0 Å². The van der Waals surface area contributed by atoms with Crippen LogP contribution in [-0.2, 0) is 9.59 Å². The monoisotopic (exact) mass is 364 g/mol. The Morgan fingerprint density at radius 3 is 1.85 bits per heavy atom. The van der Waals surface area contributed by atoms with Crippen molar-refractivity contribution in [3.63, 3.8) is 0 Å².